The Kier molecular flexibility index (Phi) is 4.33. The van der Waals surface area contributed by atoms with Gasteiger partial charge in [-0.3, -0.25) is 14.2 Å². The SMILES string of the molecule is C[C@@H]1C[C@@H](C)CN(C(=O)c2ccc(=O)n(-c3ccccc3)c2)C1. The van der Waals surface area contributed by atoms with Crippen LogP contribution in [-0.2, 0) is 0 Å². The molecule has 23 heavy (non-hydrogen) atoms. The summed E-state index contributed by atoms with van der Waals surface area (Å²) >= 11 is 0. The molecule has 1 fully saturated rings. The van der Waals surface area contributed by atoms with Crippen LogP contribution in [-0.4, -0.2) is 28.5 Å². The van der Waals surface area contributed by atoms with Crippen molar-refractivity contribution in [3.05, 3.63) is 64.6 Å². The van der Waals surface area contributed by atoms with Gasteiger partial charge in [0.1, 0.15) is 0 Å². The largest absolute Gasteiger partial charge is 0.338 e. The summed E-state index contributed by atoms with van der Waals surface area (Å²) in [5, 5.41) is 0. The Morgan fingerprint density at radius 2 is 1.65 bits per heavy atom. The molecule has 2 atom stereocenters. The van der Waals surface area contributed by atoms with Crippen LogP contribution >= 0.6 is 0 Å². The molecule has 1 aromatic carbocycles. The van der Waals surface area contributed by atoms with Crippen molar-refractivity contribution in [2.45, 2.75) is 20.3 Å². The molecule has 2 aromatic rings. The number of hydrogen-bond acceptors (Lipinski definition) is 2. The van der Waals surface area contributed by atoms with Crippen molar-refractivity contribution in [1.82, 2.24) is 9.47 Å². The van der Waals surface area contributed by atoms with Crippen LogP contribution in [0.2, 0.25) is 0 Å². The third-order valence-electron chi connectivity index (χ3n) is 4.35. The highest BCUT2D eigenvalue weighted by Gasteiger charge is 2.26. The lowest BCUT2D eigenvalue weighted by Gasteiger charge is -2.35. The number of carbonyl (C=O) groups excluding carboxylic acids is 1. The van der Waals surface area contributed by atoms with Gasteiger partial charge in [0.15, 0.2) is 0 Å². The highest BCUT2D eigenvalue weighted by atomic mass is 16.2. The minimum atomic E-state index is -0.131. The summed E-state index contributed by atoms with van der Waals surface area (Å²) < 4.78 is 1.53. The minimum Gasteiger partial charge on any atom is -0.338 e. The Bertz CT molecular complexity index is 741. The Hall–Kier alpha value is -2.36. The van der Waals surface area contributed by atoms with E-state index in [1.807, 2.05) is 35.2 Å². The predicted octanol–water partition coefficient (Wildman–Crippen LogP) is 2.96. The van der Waals surface area contributed by atoms with Gasteiger partial charge in [-0.15, -0.1) is 0 Å². The maximum Gasteiger partial charge on any atom is 0.255 e. The van der Waals surface area contributed by atoms with Gasteiger partial charge in [0, 0.05) is 31.0 Å². The summed E-state index contributed by atoms with van der Waals surface area (Å²) in [6.45, 7) is 5.93. The van der Waals surface area contributed by atoms with Crippen molar-refractivity contribution in [1.29, 1.82) is 0 Å². The topological polar surface area (TPSA) is 42.3 Å². The highest BCUT2D eigenvalue weighted by Crippen LogP contribution is 2.22. The van der Waals surface area contributed by atoms with Crippen LogP contribution in [0.4, 0.5) is 0 Å². The molecule has 2 heterocycles. The second kappa shape index (κ2) is 6.41. The van der Waals surface area contributed by atoms with E-state index in [2.05, 4.69) is 13.8 Å². The van der Waals surface area contributed by atoms with Gasteiger partial charge >= 0.3 is 0 Å². The zero-order valence-corrected chi connectivity index (χ0v) is 13.6. The molecule has 0 saturated carbocycles. The highest BCUT2D eigenvalue weighted by molar-refractivity contribution is 5.94. The maximum absolute atomic E-state index is 12.8. The van der Waals surface area contributed by atoms with Crippen molar-refractivity contribution < 1.29 is 4.79 Å². The fourth-order valence-corrected chi connectivity index (χ4v) is 3.42. The third kappa shape index (κ3) is 3.36. The number of nitrogens with zero attached hydrogens (tertiary/aromatic N) is 2. The van der Waals surface area contributed by atoms with Gasteiger partial charge in [-0.2, -0.15) is 0 Å². The van der Waals surface area contributed by atoms with E-state index in [0.29, 0.717) is 17.4 Å². The molecule has 0 aliphatic carbocycles. The zero-order valence-electron chi connectivity index (χ0n) is 13.6. The Morgan fingerprint density at radius 1 is 1.00 bits per heavy atom. The number of hydrogen-bond donors (Lipinski definition) is 0. The quantitative estimate of drug-likeness (QED) is 0.856. The Morgan fingerprint density at radius 3 is 2.30 bits per heavy atom. The third-order valence-corrected chi connectivity index (χ3v) is 4.35. The number of carbonyl (C=O) groups is 1. The molecule has 4 nitrogen and oxygen atoms in total. The summed E-state index contributed by atoms with van der Waals surface area (Å²) in [5.41, 5.74) is 1.20. The summed E-state index contributed by atoms with van der Waals surface area (Å²) in [5.74, 6) is 1.04. The van der Waals surface area contributed by atoms with E-state index >= 15 is 0 Å². The molecule has 0 unspecified atom stereocenters. The number of likely N-dealkylation sites (tertiary alicyclic amines) is 1. The average molecular weight is 310 g/mol. The number of pyridine rings is 1. The van der Waals surface area contributed by atoms with Gasteiger partial charge in [0.05, 0.1) is 5.56 Å². The second-order valence-corrected chi connectivity index (χ2v) is 6.62. The molecule has 120 valence electrons. The normalized spacial score (nSPS) is 21.2. The first kappa shape index (κ1) is 15.5. The van der Waals surface area contributed by atoms with Gasteiger partial charge in [-0.1, -0.05) is 32.0 Å². The van der Waals surface area contributed by atoms with Crippen LogP contribution in [0.5, 0.6) is 0 Å². The molecule has 4 heteroatoms. The minimum absolute atomic E-state index is 0.00748. The molecule has 1 aliphatic rings. The Labute approximate surface area is 136 Å². The second-order valence-electron chi connectivity index (χ2n) is 6.62. The van der Waals surface area contributed by atoms with E-state index in [9.17, 15) is 9.59 Å². The van der Waals surface area contributed by atoms with Crippen molar-refractivity contribution in [2.75, 3.05) is 13.1 Å². The zero-order chi connectivity index (χ0) is 16.4. The van der Waals surface area contributed by atoms with Crippen molar-refractivity contribution in [2.24, 2.45) is 11.8 Å². The van der Waals surface area contributed by atoms with E-state index in [4.69, 9.17) is 0 Å². The average Bonchev–Trinajstić information content (AvgIpc) is 2.54. The fraction of sp³-hybridized carbons (Fsp3) is 0.368. The van der Waals surface area contributed by atoms with E-state index < -0.39 is 0 Å². The number of aromatic nitrogens is 1. The molecular formula is C19H22N2O2. The van der Waals surface area contributed by atoms with Crippen LogP contribution in [0, 0.1) is 11.8 Å². The van der Waals surface area contributed by atoms with Crippen LogP contribution in [0.1, 0.15) is 30.6 Å². The molecule has 0 radical (unpaired) electrons. The number of rotatable bonds is 2. The first-order valence-electron chi connectivity index (χ1n) is 8.12. The summed E-state index contributed by atoms with van der Waals surface area (Å²) in [4.78, 5) is 26.8. The number of benzene rings is 1. The molecule has 1 aliphatic heterocycles. The van der Waals surface area contributed by atoms with Crippen molar-refractivity contribution in [3.63, 3.8) is 0 Å². The van der Waals surface area contributed by atoms with Crippen LogP contribution in [0.15, 0.2) is 53.5 Å². The predicted molar refractivity (Wildman–Crippen MR) is 90.9 cm³/mol. The lowest BCUT2D eigenvalue weighted by molar-refractivity contribution is 0.0622. The number of piperidine rings is 1. The van der Waals surface area contributed by atoms with Gasteiger partial charge in [-0.25, -0.2) is 0 Å². The Balaban J connectivity index is 1.92. The lowest BCUT2D eigenvalue weighted by atomic mass is 9.91. The first-order chi connectivity index (χ1) is 11.0. The maximum atomic E-state index is 12.8. The van der Waals surface area contributed by atoms with Crippen molar-refractivity contribution >= 4 is 5.91 Å². The standard InChI is InChI=1S/C19H22N2O2/c1-14-10-15(2)12-20(11-14)19(23)16-8-9-18(22)21(13-16)17-6-4-3-5-7-17/h3-9,13-15H,10-12H2,1-2H3/t14-,15-/m1/s1. The van der Waals surface area contributed by atoms with Crippen molar-refractivity contribution in [3.8, 4) is 5.69 Å². The number of amides is 1. The molecule has 0 bridgehead atoms. The molecule has 1 saturated heterocycles. The molecule has 3 rings (SSSR count). The van der Waals surface area contributed by atoms with Gasteiger partial charge in [0.2, 0.25) is 0 Å². The molecule has 0 N–H and O–H groups in total. The first-order valence-corrected chi connectivity index (χ1v) is 8.12. The number of para-hydroxylation sites is 1. The van der Waals surface area contributed by atoms with E-state index in [0.717, 1.165) is 25.2 Å². The molecule has 1 amide bonds. The van der Waals surface area contributed by atoms with Gasteiger partial charge in [0.25, 0.3) is 11.5 Å². The van der Waals surface area contributed by atoms with E-state index in [1.165, 1.54) is 10.6 Å². The monoisotopic (exact) mass is 310 g/mol. The fourth-order valence-electron chi connectivity index (χ4n) is 3.42. The van der Waals surface area contributed by atoms with Gasteiger partial charge < -0.3 is 4.90 Å². The smallest absolute Gasteiger partial charge is 0.255 e. The molecule has 1 aromatic heterocycles. The summed E-state index contributed by atoms with van der Waals surface area (Å²) in [7, 11) is 0. The molecule has 0 spiro atoms. The van der Waals surface area contributed by atoms with E-state index in [-0.39, 0.29) is 11.5 Å². The summed E-state index contributed by atoms with van der Waals surface area (Å²) in [6.07, 6.45) is 2.82. The van der Waals surface area contributed by atoms with Crippen LogP contribution in [0.3, 0.4) is 0 Å². The van der Waals surface area contributed by atoms with Crippen LogP contribution in [0.25, 0.3) is 5.69 Å². The van der Waals surface area contributed by atoms with Gasteiger partial charge in [-0.05, 0) is 36.5 Å². The summed E-state index contributed by atoms with van der Waals surface area (Å²) in [6, 6.07) is 12.5. The van der Waals surface area contributed by atoms with E-state index in [1.54, 1.807) is 12.3 Å². The lowest BCUT2D eigenvalue weighted by Crippen LogP contribution is -2.42. The van der Waals surface area contributed by atoms with Crippen LogP contribution < -0.4 is 5.56 Å². The molecular weight excluding hydrogens is 288 g/mol.